The van der Waals surface area contributed by atoms with Gasteiger partial charge in [-0.3, -0.25) is 9.78 Å². The molecule has 0 unspecified atom stereocenters. The van der Waals surface area contributed by atoms with Crippen molar-refractivity contribution in [1.82, 2.24) is 15.3 Å². The molecule has 0 aliphatic heterocycles. The zero-order valence-corrected chi connectivity index (χ0v) is 13.1. The summed E-state index contributed by atoms with van der Waals surface area (Å²) in [7, 11) is 1.61. The summed E-state index contributed by atoms with van der Waals surface area (Å²) in [5.41, 5.74) is 2.02. The lowest BCUT2D eigenvalue weighted by atomic mass is 10.1. The van der Waals surface area contributed by atoms with Crippen LogP contribution < -0.4 is 5.32 Å². The number of rotatable bonds is 7. The summed E-state index contributed by atoms with van der Waals surface area (Å²) >= 11 is 1.47. The van der Waals surface area contributed by atoms with Crippen molar-refractivity contribution in [3.05, 3.63) is 45.7 Å². The van der Waals surface area contributed by atoms with Gasteiger partial charge in [0, 0.05) is 32.5 Å². The molecule has 0 radical (unpaired) electrons. The van der Waals surface area contributed by atoms with Crippen molar-refractivity contribution in [1.29, 1.82) is 0 Å². The highest BCUT2D eigenvalue weighted by Crippen LogP contribution is 2.19. The van der Waals surface area contributed by atoms with Crippen LogP contribution in [0.25, 0.3) is 0 Å². The zero-order chi connectivity index (χ0) is 15.1. The maximum atomic E-state index is 12.0. The molecule has 0 saturated heterocycles. The van der Waals surface area contributed by atoms with Gasteiger partial charge < -0.3 is 10.1 Å². The van der Waals surface area contributed by atoms with Crippen molar-refractivity contribution in [3.8, 4) is 0 Å². The molecule has 2 rings (SSSR count). The molecule has 0 saturated carbocycles. The van der Waals surface area contributed by atoms with Crippen molar-refractivity contribution in [3.63, 3.8) is 0 Å². The van der Waals surface area contributed by atoms with Crippen molar-refractivity contribution in [2.45, 2.75) is 19.8 Å². The Bertz CT molecular complexity index is 584. The van der Waals surface area contributed by atoms with E-state index in [4.69, 9.17) is 4.74 Å². The maximum Gasteiger partial charge on any atom is 0.263 e. The largest absolute Gasteiger partial charge is 0.383 e. The predicted octanol–water partition coefficient (Wildman–Crippen LogP) is 2.01. The smallest absolute Gasteiger partial charge is 0.263 e. The van der Waals surface area contributed by atoms with Gasteiger partial charge in [-0.05, 0) is 31.0 Å². The second-order valence-corrected chi connectivity index (χ2v) is 5.71. The Morgan fingerprint density at radius 3 is 2.81 bits per heavy atom. The number of nitrogens with zero attached hydrogens (tertiary/aromatic N) is 2. The zero-order valence-electron chi connectivity index (χ0n) is 12.3. The van der Waals surface area contributed by atoms with Crippen molar-refractivity contribution >= 4 is 17.2 Å². The topological polar surface area (TPSA) is 64.1 Å². The van der Waals surface area contributed by atoms with E-state index in [1.807, 2.05) is 19.1 Å². The number of thiazole rings is 1. The summed E-state index contributed by atoms with van der Waals surface area (Å²) in [6, 6.07) is 4.00. The van der Waals surface area contributed by atoms with E-state index in [9.17, 15) is 4.79 Å². The first-order valence-corrected chi connectivity index (χ1v) is 7.64. The van der Waals surface area contributed by atoms with E-state index in [0.29, 0.717) is 18.0 Å². The fourth-order valence-electron chi connectivity index (χ4n) is 1.92. The Kier molecular flexibility index (Phi) is 5.83. The van der Waals surface area contributed by atoms with Gasteiger partial charge in [0.1, 0.15) is 4.88 Å². The normalized spacial score (nSPS) is 10.6. The molecule has 1 amide bonds. The Balaban J connectivity index is 1.94. The lowest BCUT2D eigenvalue weighted by Gasteiger charge is -2.02. The number of nitrogens with one attached hydrogen (secondary N) is 1. The summed E-state index contributed by atoms with van der Waals surface area (Å²) in [5, 5.41) is 3.81. The molecule has 0 aliphatic rings. The van der Waals surface area contributed by atoms with Crippen molar-refractivity contribution < 1.29 is 9.53 Å². The van der Waals surface area contributed by atoms with E-state index < -0.39 is 0 Å². The first-order valence-electron chi connectivity index (χ1n) is 6.83. The van der Waals surface area contributed by atoms with Gasteiger partial charge in [-0.25, -0.2) is 4.98 Å². The third-order valence-electron chi connectivity index (χ3n) is 3.02. The molecule has 0 spiro atoms. The van der Waals surface area contributed by atoms with Gasteiger partial charge in [-0.1, -0.05) is 0 Å². The summed E-state index contributed by atoms with van der Waals surface area (Å²) < 4.78 is 4.92. The van der Waals surface area contributed by atoms with E-state index in [2.05, 4.69) is 15.3 Å². The Morgan fingerprint density at radius 2 is 2.10 bits per heavy atom. The van der Waals surface area contributed by atoms with E-state index in [-0.39, 0.29) is 5.91 Å². The highest BCUT2D eigenvalue weighted by molar-refractivity contribution is 7.13. The van der Waals surface area contributed by atoms with Gasteiger partial charge >= 0.3 is 0 Å². The number of hydrogen-bond donors (Lipinski definition) is 1. The second kappa shape index (κ2) is 7.85. The minimum atomic E-state index is -0.0720. The SMILES string of the molecule is COCCNC(=O)c1sc(CCc2ccncc2)nc1C. The fourth-order valence-corrected chi connectivity index (χ4v) is 2.90. The van der Waals surface area contributed by atoms with Crippen molar-refractivity contribution in [2.75, 3.05) is 20.3 Å². The summed E-state index contributed by atoms with van der Waals surface area (Å²) in [4.78, 5) is 21.2. The average molecular weight is 305 g/mol. The van der Waals surface area contributed by atoms with E-state index in [1.54, 1.807) is 19.5 Å². The number of hydrogen-bond acceptors (Lipinski definition) is 5. The van der Waals surface area contributed by atoms with Gasteiger partial charge in [0.15, 0.2) is 0 Å². The molecule has 0 atom stereocenters. The summed E-state index contributed by atoms with van der Waals surface area (Å²) in [6.07, 6.45) is 5.31. The number of pyridine rings is 1. The molecule has 0 aliphatic carbocycles. The van der Waals surface area contributed by atoms with Gasteiger partial charge in [0.05, 0.1) is 17.3 Å². The standard InChI is InChI=1S/C15H19N3O2S/c1-11-14(15(19)17-9-10-20-2)21-13(18-11)4-3-12-5-7-16-8-6-12/h5-8H,3-4,9-10H2,1-2H3,(H,17,19). The third-order valence-corrected chi connectivity index (χ3v) is 4.23. The molecule has 0 fully saturated rings. The fraction of sp³-hybridized carbons (Fsp3) is 0.400. The first kappa shape index (κ1) is 15.6. The molecule has 112 valence electrons. The van der Waals surface area contributed by atoms with Gasteiger partial charge in [0.2, 0.25) is 0 Å². The predicted molar refractivity (Wildman–Crippen MR) is 82.7 cm³/mol. The third kappa shape index (κ3) is 4.61. The molecule has 2 aromatic rings. The number of ether oxygens (including phenoxy) is 1. The molecule has 5 nitrogen and oxygen atoms in total. The van der Waals surface area contributed by atoms with Crippen LogP contribution in [-0.2, 0) is 17.6 Å². The molecule has 0 bridgehead atoms. The Hall–Kier alpha value is -1.79. The minimum Gasteiger partial charge on any atom is -0.383 e. The minimum absolute atomic E-state index is 0.0720. The number of carbonyl (C=O) groups is 1. The Morgan fingerprint density at radius 1 is 1.33 bits per heavy atom. The molecule has 21 heavy (non-hydrogen) atoms. The Labute approximate surface area is 128 Å². The molecule has 6 heteroatoms. The number of aromatic nitrogens is 2. The number of carbonyl (C=O) groups excluding carboxylic acids is 1. The monoisotopic (exact) mass is 305 g/mol. The van der Waals surface area contributed by atoms with E-state index >= 15 is 0 Å². The van der Waals surface area contributed by atoms with E-state index in [1.165, 1.54) is 16.9 Å². The molecular formula is C15H19N3O2S. The lowest BCUT2D eigenvalue weighted by Crippen LogP contribution is -2.26. The molecule has 1 N–H and O–H groups in total. The first-order chi connectivity index (χ1) is 10.2. The van der Waals surface area contributed by atoms with Crippen LogP contribution in [0.2, 0.25) is 0 Å². The maximum absolute atomic E-state index is 12.0. The average Bonchev–Trinajstić information content (AvgIpc) is 2.87. The highest BCUT2D eigenvalue weighted by Gasteiger charge is 2.14. The molecule has 2 heterocycles. The lowest BCUT2D eigenvalue weighted by molar-refractivity contribution is 0.0940. The van der Waals surface area contributed by atoms with Crippen LogP contribution in [-0.4, -0.2) is 36.1 Å². The van der Waals surface area contributed by atoms with Gasteiger partial charge in [0.25, 0.3) is 5.91 Å². The van der Waals surface area contributed by atoms with Crippen LogP contribution >= 0.6 is 11.3 Å². The van der Waals surface area contributed by atoms with Crippen LogP contribution in [0, 0.1) is 6.92 Å². The number of methoxy groups -OCH3 is 1. The van der Waals surface area contributed by atoms with Crippen LogP contribution in [0.5, 0.6) is 0 Å². The summed E-state index contributed by atoms with van der Waals surface area (Å²) in [5.74, 6) is -0.0720. The molecule has 2 aromatic heterocycles. The van der Waals surface area contributed by atoms with Crippen LogP contribution in [0.3, 0.4) is 0 Å². The number of aryl methyl sites for hydroxylation is 3. The second-order valence-electron chi connectivity index (χ2n) is 4.63. The molecular weight excluding hydrogens is 286 g/mol. The van der Waals surface area contributed by atoms with Gasteiger partial charge in [-0.2, -0.15) is 0 Å². The number of amides is 1. The highest BCUT2D eigenvalue weighted by atomic mass is 32.1. The van der Waals surface area contributed by atoms with Crippen LogP contribution in [0.15, 0.2) is 24.5 Å². The van der Waals surface area contributed by atoms with E-state index in [0.717, 1.165) is 23.5 Å². The quantitative estimate of drug-likeness (QED) is 0.795. The van der Waals surface area contributed by atoms with Gasteiger partial charge in [-0.15, -0.1) is 11.3 Å². The molecule has 0 aromatic carbocycles. The summed E-state index contributed by atoms with van der Waals surface area (Å²) in [6.45, 7) is 2.90. The van der Waals surface area contributed by atoms with Crippen LogP contribution in [0.4, 0.5) is 0 Å². The van der Waals surface area contributed by atoms with Crippen LogP contribution in [0.1, 0.15) is 25.9 Å². The van der Waals surface area contributed by atoms with Crippen molar-refractivity contribution in [2.24, 2.45) is 0 Å².